The number of rotatable bonds is 4. The quantitative estimate of drug-likeness (QED) is 0.863. The fraction of sp³-hybridized carbons (Fsp3) is 0.562. The highest BCUT2D eigenvalue weighted by Crippen LogP contribution is 2.21. The van der Waals surface area contributed by atoms with Crippen LogP contribution < -0.4 is 10.6 Å². The van der Waals surface area contributed by atoms with Gasteiger partial charge in [0.05, 0.1) is 17.1 Å². The molecule has 134 valence electrons. The summed E-state index contributed by atoms with van der Waals surface area (Å²) in [5.41, 5.74) is 2.27. The molecule has 1 unspecified atom stereocenters. The van der Waals surface area contributed by atoms with Crippen LogP contribution in [0.15, 0.2) is 12.3 Å². The fourth-order valence-corrected chi connectivity index (χ4v) is 2.95. The molecule has 0 radical (unpaired) electrons. The molecule has 2 aromatic heterocycles. The molecule has 2 aromatic rings. The number of halogens is 2. The van der Waals surface area contributed by atoms with Crippen LogP contribution in [0.5, 0.6) is 0 Å². The lowest BCUT2D eigenvalue weighted by atomic mass is 10.1. The molecule has 8 heteroatoms. The number of carbonyl (C=O) groups is 1. The number of pyridine rings is 1. The van der Waals surface area contributed by atoms with Crippen molar-refractivity contribution in [1.29, 1.82) is 0 Å². The zero-order valence-corrected chi connectivity index (χ0v) is 15.8. The molecule has 0 aromatic carbocycles. The van der Waals surface area contributed by atoms with Crippen molar-refractivity contribution in [2.24, 2.45) is 0 Å². The van der Waals surface area contributed by atoms with Gasteiger partial charge in [-0.25, -0.2) is 9.67 Å². The predicted molar refractivity (Wildman–Crippen MR) is 101 cm³/mol. The Kier molecular flexibility index (Phi) is 7.45. The summed E-state index contributed by atoms with van der Waals surface area (Å²) in [5, 5.41) is 11.6. The number of nitrogens with one attached hydrogen (secondary N) is 2. The average molecular weight is 374 g/mol. The van der Waals surface area contributed by atoms with Crippen molar-refractivity contribution in [2.75, 3.05) is 13.1 Å². The molecule has 1 aliphatic heterocycles. The van der Waals surface area contributed by atoms with Crippen molar-refractivity contribution in [3.8, 4) is 0 Å². The molecule has 1 amide bonds. The summed E-state index contributed by atoms with van der Waals surface area (Å²) in [6.45, 7) is 7.73. The first-order valence-electron chi connectivity index (χ1n) is 7.92. The summed E-state index contributed by atoms with van der Waals surface area (Å²) in [5.74, 6) is -0.0486. The minimum absolute atomic E-state index is 0. The molecule has 1 aliphatic rings. The monoisotopic (exact) mass is 373 g/mol. The van der Waals surface area contributed by atoms with Gasteiger partial charge in [0, 0.05) is 24.3 Å². The van der Waals surface area contributed by atoms with Gasteiger partial charge in [0.15, 0.2) is 5.65 Å². The normalized spacial score (nSPS) is 16.8. The number of aryl methyl sites for hydroxylation is 1. The minimum Gasteiger partial charge on any atom is -0.350 e. The van der Waals surface area contributed by atoms with E-state index >= 15 is 0 Å². The van der Waals surface area contributed by atoms with Crippen LogP contribution in [0.4, 0.5) is 0 Å². The zero-order valence-electron chi connectivity index (χ0n) is 14.2. The summed E-state index contributed by atoms with van der Waals surface area (Å²) in [6.07, 6.45) is 4.04. The molecular formula is C16H25Cl2N5O. The molecule has 1 atom stereocenters. The summed E-state index contributed by atoms with van der Waals surface area (Å²) >= 11 is 0. The molecule has 0 aliphatic carbocycles. The first-order chi connectivity index (χ1) is 10.6. The minimum atomic E-state index is -0.0486. The highest BCUT2D eigenvalue weighted by molar-refractivity contribution is 6.05. The van der Waals surface area contributed by atoms with Crippen molar-refractivity contribution < 1.29 is 4.79 Å². The molecule has 3 heterocycles. The first-order valence-corrected chi connectivity index (χ1v) is 7.92. The van der Waals surface area contributed by atoms with Gasteiger partial charge in [0.2, 0.25) is 0 Å². The third-order valence-corrected chi connectivity index (χ3v) is 4.10. The number of carbonyl (C=O) groups excluding carboxylic acids is 1. The van der Waals surface area contributed by atoms with Crippen molar-refractivity contribution in [3.05, 3.63) is 23.5 Å². The Bertz CT molecular complexity index is 695. The molecule has 0 bridgehead atoms. The predicted octanol–water partition coefficient (Wildman–Crippen LogP) is 2.65. The molecule has 1 saturated heterocycles. The van der Waals surface area contributed by atoms with Gasteiger partial charge >= 0.3 is 0 Å². The number of hydrogen-bond acceptors (Lipinski definition) is 4. The van der Waals surface area contributed by atoms with E-state index in [9.17, 15) is 4.79 Å². The number of amides is 1. The fourth-order valence-electron chi connectivity index (χ4n) is 2.95. The second-order valence-electron chi connectivity index (χ2n) is 6.23. The van der Waals surface area contributed by atoms with Crippen molar-refractivity contribution in [3.63, 3.8) is 0 Å². The van der Waals surface area contributed by atoms with Crippen LogP contribution in [0.25, 0.3) is 11.0 Å². The Hall–Kier alpha value is -1.37. The van der Waals surface area contributed by atoms with Gasteiger partial charge in [-0.3, -0.25) is 4.79 Å². The largest absolute Gasteiger partial charge is 0.350 e. The topological polar surface area (TPSA) is 71.8 Å². The first kappa shape index (κ1) is 20.7. The van der Waals surface area contributed by atoms with Gasteiger partial charge in [-0.2, -0.15) is 5.10 Å². The van der Waals surface area contributed by atoms with Gasteiger partial charge in [-0.1, -0.05) is 0 Å². The Morgan fingerprint density at radius 1 is 1.46 bits per heavy atom. The SMILES string of the molecule is Cc1cc(C(=O)NCC2CCCN2)c2cnn(C(C)C)c2n1.Cl.Cl. The van der Waals surface area contributed by atoms with E-state index < -0.39 is 0 Å². The Morgan fingerprint density at radius 2 is 2.21 bits per heavy atom. The molecular weight excluding hydrogens is 349 g/mol. The molecule has 6 nitrogen and oxygen atoms in total. The van der Waals surface area contributed by atoms with E-state index in [2.05, 4.69) is 34.6 Å². The summed E-state index contributed by atoms with van der Waals surface area (Å²) in [7, 11) is 0. The van der Waals surface area contributed by atoms with E-state index in [1.54, 1.807) is 6.20 Å². The lowest BCUT2D eigenvalue weighted by Crippen LogP contribution is -2.37. The third-order valence-electron chi connectivity index (χ3n) is 4.10. The molecule has 0 saturated carbocycles. The number of fused-ring (bicyclic) bond motifs is 1. The van der Waals surface area contributed by atoms with E-state index in [4.69, 9.17) is 0 Å². The summed E-state index contributed by atoms with van der Waals surface area (Å²) in [4.78, 5) is 17.1. The van der Waals surface area contributed by atoms with Crippen LogP contribution in [0.2, 0.25) is 0 Å². The number of hydrogen-bond donors (Lipinski definition) is 2. The second kappa shape index (κ2) is 8.65. The summed E-state index contributed by atoms with van der Waals surface area (Å²) < 4.78 is 1.86. The molecule has 24 heavy (non-hydrogen) atoms. The van der Waals surface area contributed by atoms with E-state index in [0.29, 0.717) is 18.2 Å². The van der Waals surface area contributed by atoms with E-state index in [-0.39, 0.29) is 36.8 Å². The smallest absolute Gasteiger partial charge is 0.252 e. The van der Waals surface area contributed by atoms with E-state index in [1.165, 1.54) is 6.42 Å². The number of nitrogens with zero attached hydrogens (tertiary/aromatic N) is 3. The van der Waals surface area contributed by atoms with Gasteiger partial charge in [-0.15, -0.1) is 24.8 Å². The molecule has 0 spiro atoms. The maximum Gasteiger partial charge on any atom is 0.252 e. The molecule has 1 fully saturated rings. The third kappa shape index (κ3) is 4.18. The molecule has 2 N–H and O–H groups in total. The Balaban J connectivity index is 0.00000144. The van der Waals surface area contributed by atoms with Crippen LogP contribution >= 0.6 is 24.8 Å². The van der Waals surface area contributed by atoms with Gasteiger partial charge < -0.3 is 10.6 Å². The van der Waals surface area contributed by atoms with Gasteiger partial charge in [-0.05, 0) is 46.2 Å². The standard InChI is InChI=1S/C16H23N5O.2ClH/c1-10(2)21-15-14(9-19-21)13(7-11(3)20-15)16(22)18-8-12-5-4-6-17-12;;/h7,9-10,12,17H,4-6,8H2,1-3H3,(H,18,22);2*1H. The van der Waals surface area contributed by atoms with Gasteiger partial charge in [0.1, 0.15) is 0 Å². The average Bonchev–Trinajstić information content (AvgIpc) is 3.12. The van der Waals surface area contributed by atoms with Crippen molar-refractivity contribution >= 4 is 41.8 Å². The van der Waals surface area contributed by atoms with Crippen LogP contribution in [-0.4, -0.2) is 39.8 Å². The highest BCUT2D eigenvalue weighted by Gasteiger charge is 2.19. The zero-order chi connectivity index (χ0) is 15.7. The van der Waals surface area contributed by atoms with E-state index in [0.717, 1.165) is 29.7 Å². The van der Waals surface area contributed by atoms with Crippen molar-refractivity contribution in [2.45, 2.75) is 45.7 Å². The maximum atomic E-state index is 12.5. The van der Waals surface area contributed by atoms with Crippen molar-refractivity contribution in [1.82, 2.24) is 25.4 Å². The Morgan fingerprint density at radius 3 is 2.83 bits per heavy atom. The van der Waals surface area contributed by atoms with Crippen LogP contribution in [0, 0.1) is 6.92 Å². The van der Waals surface area contributed by atoms with Crippen LogP contribution in [-0.2, 0) is 0 Å². The maximum absolute atomic E-state index is 12.5. The lowest BCUT2D eigenvalue weighted by Gasteiger charge is -2.12. The van der Waals surface area contributed by atoms with E-state index in [1.807, 2.05) is 17.7 Å². The highest BCUT2D eigenvalue weighted by atomic mass is 35.5. The lowest BCUT2D eigenvalue weighted by molar-refractivity contribution is 0.0952. The second-order valence-corrected chi connectivity index (χ2v) is 6.23. The molecule has 3 rings (SSSR count). The van der Waals surface area contributed by atoms with Crippen LogP contribution in [0.1, 0.15) is 48.8 Å². The van der Waals surface area contributed by atoms with Gasteiger partial charge in [0.25, 0.3) is 5.91 Å². The Labute approximate surface area is 154 Å². The summed E-state index contributed by atoms with van der Waals surface area (Å²) in [6, 6.07) is 2.44. The van der Waals surface area contributed by atoms with Crippen LogP contribution in [0.3, 0.4) is 0 Å². The number of aromatic nitrogens is 3.